The molecule has 32 heteroatoms. The maximum atomic E-state index is 10.7. The smallest absolute Gasteiger partial charge is 0.185 e. The van der Waals surface area contributed by atoms with Crippen LogP contribution in [0.3, 0.4) is 0 Å². The van der Waals surface area contributed by atoms with Crippen molar-refractivity contribution >= 4 is 45.5 Å². The molecule has 0 aromatic rings. The second-order valence-electron chi connectivity index (χ2n) is 15.8. The van der Waals surface area contributed by atoms with Gasteiger partial charge in [-0.05, 0) is 11.8 Å². The van der Waals surface area contributed by atoms with E-state index < -0.39 is 0 Å². The summed E-state index contributed by atoms with van der Waals surface area (Å²) in [5, 5.41) is 29.0. The quantitative estimate of drug-likeness (QED) is 0.0290. The van der Waals surface area contributed by atoms with Crippen LogP contribution in [0, 0.1) is 0 Å². The molecule has 0 atom stereocenters. The molecular formula is C53H110N4O25S3. The number of rotatable bonds is 68. The fourth-order valence-electron chi connectivity index (χ4n) is 4.98. The van der Waals surface area contributed by atoms with Crippen molar-refractivity contribution < 1.29 is 120 Å². The van der Waals surface area contributed by atoms with Gasteiger partial charge in [-0.25, -0.2) is 0 Å². The zero-order valence-electron chi connectivity index (χ0n) is 51.4. The van der Waals surface area contributed by atoms with Crippen molar-refractivity contribution in [1.82, 2.24) is 0 Å². The first kappa shape index (κ1) is 90.2. The van der Waals surface area contributed by atoms with Crippen molar-refractivity contribution in [2.45, 2.75) is 13.8 Å². The molecule has 0 bridgehead atoms. The summed E-state index contributed by atoms with van der Waals surface area (Å²) in [6, 6.07) is 0. The number of hydrogen-bond acceptors (Lipinski definition) is 30. The normalized spacial score (nSPS) is 10.9. The predicted octanol–water partition coefficient (Wildman–Crippen LogP) is 1.45. The monoisotopic (exact) mass is 1300 g/mol. The van der Waals surface area contributed by atoms with Crippen molar-refractivity contribution in [2.24, 2.45) is 10.8 Å². The lowest BCUT2D eigenvalue weighted by atomic mass is 10.7. The Kier molecular flexibility index (Phi) is 97.0. The molecule has 0 aliphatic heterocycles. The van der Waals surface area contributed by atoms with Crippen LogP contribution in [0.2, 0.25) is 0 Å². The third-order valence-electron chi connectivity index (χ3n) is 8.82. The topological polar surface area (TPSA) is 354 Å². The zero-order valence-corrected chi connectivity index (χ0v) is 53.9. The molecule has 0 unspecified atom stereocenters. The number of carbonyl (C=O) groups excluding carboxylic acids is 2. The maximum absolute atomic E-state index is 10.7. The summed E-state index contributed by atoms with van der Waals surface area (Å²) in [4.78, 5) is 23.9. The molecule has 0 aliphatic carbocycles. The molecule has 0 aliphatic rings. The van der Waals surface area contributed by atoms with Gasteiger partial charge in [0.15, 0.2) is 10.2 Å². The van der Waals surface area contributed by atoms with Gasteiger partial charge < -0.3 is 116 Å². The average Bonchev–Trinajstić information content (AvgIpc) is 3.49. The molecule has 0 radical (unpaired) electrons. The number of hydrogen-bond donors (Lipinski definition) is 4. The predicted molar refractivity (Wildman–Crippen MR) is 325 cm³/mol. The van der Waals surface area contributed by atoms with Gasteiger partial charge in [0.05, 0.1) is 284 Å². The van der Waals surface area contributed by atoms with E-state index in [9.17, 15) is 9.59 Å². The van der Waals surface area contributed by atoms with E-state index >= 15 is 0 Å². The van der Waals surface area contributed by atoms with E-state index in [4.69, 9.17) is 121 Å². The molecule has 0 saturated carbocycles. The van der Waals surface area contributed by atoms with Crippen LogP contribution >= 0.6 is 35.3 Å². The van der Waals surface area contributed by atoms with Crippen LogP contribution in [0.4, 0.5) is 0 Å². The molecule has 0 amide bonds. The van der Waals surface area contributed by atoms with Gasteiger partial charge in [0.1, 0.15) is 0 Å². The Labute approximate surface area is 519 Å². The Morgan fingerprint density at radius 3 is 0.706 bits per heavy atom. The fourth-order valence-corrected chi connectivity index (χ4v) is 6.25. The highest BCUT2D eigenvalue weighted by Crippen LogP contribution is 2.01. The first-order chi connectivity index (χ1) is 41.9. The lowest BCUT2D eigenvalue weighted by molar-refractivity contribution is -0.109. The second kappa shape index (κ2) is 91.5. The van der Waals surface area contributed by atoms with Crippen LogP contribution in [0.15, 0.2) is 5.11 Å². The summed E-state index contributed by atoms with van der Waals surface area (Å²) in [6.45, 7) is 24.8. The summed E-state index contributed by atoms with van der Waals surface area (Å²) < 4.78 is 105. The van der Waals surface area contributed by atoms with Gasteiger partial charge in [-0.15, -0.1) is 0 Å². The van der Waals surface area contributed by atoms with E-state index in [1.165, 1.54) is 23.5 Å². The molecule has 0 fully saturated rings. The standard InChI is InChI=1S/C14H27N3O6S.C14H28O7S.C13H29NO5S.C12H26O7/c1-14(18)24-13-12-23-11-10-22-9-8-21-7-6-20-5-4-19-3-2-16-17-15;1-14(16)22-13-12-21-11-10-20-9-8-19-7-6-18-5-4-17-3-2-15;1-20-13-12-19-11-10-18-9-8-17-7-6-16-5-4-15-3-2-14;13-1-3-15-5-7-17-9-11-19-12-10-18-8-6-16-4-2-14/h2-13H2,1H3;15H,2-13H2,1H3;2-14H2,1H3;13-14H,1-12H2. The first-order valence-electron chi connectivity index (χ1n) is 28.7. The Morgan fingerprint density at radius 1 is 0.329 bits per heavy atom. The Bertz CT molecular complexity index is 1230. The zero-order chi connectivity index (χ0) is 62.8. The molecule has 0 spiro atoms. The summed E-state index contributed by atoms with van der Waals surface area (Å²) in [6.07, 6.45) is 2.06. The Hall–Kier alpha value is -1.26. The van der Waals surface area contributed by atoms with Crippen molar-refractivity contribution in [1.29, 1.82) is 0 Å². The molecule has 5 N–H and O–H groups in total. The molecular weight excluding hydrogens is 1190 g/mol. The van der Waals surface area contributed by atoms with Crippen LogP contribution in [0.5, 0.6) is 0 Å². The first-order valence-corrected chi connectivity index (χ1v) is 32.1. The van der Waals surface area contributed by atoms with E-state index in [1.54, 1.807) is 25.6 Å². The molecule has 510 valence electrons. The summed E-state index contributed by atoms with van der Waals surface area (Å²) >= 11 is 4.30. The van der Waals surface area contributed by atoms with Gasteiger partial charge >= 0.3 is 0 Å². The minimum absolute atomic E-state index is 0.0333. The lowest BCUT2D eigenvalue weighted by Gasteiger charge is -2.07. The highest BCUT2D eigenvalue weighted by Gasteiger charge is 2.00. The fraction of sp³-hybridized carbons (Fsp3) is 0.962. The molecule has 0 saturated heterocycles. The minimum atomic E-state index is 0.0333. The van der Waals surface area contributed by atoms with E-state index in [1.807, 2.05) is 0 Å². The van der Waals surface area contributed by atoms with Crippen molar-refractivity contribution in [3.05, 3.63) is 10.4 Å². The van der Waals surface area contributed by atoms with Crippen molar-refractivity contribution in [3.63, 3.8) is 0 Å². The molecule has 29 nitrogen and oxygen atoms in total. The van der Waals surface area contributed by atoms with Gasteiger partial charge in [0.25, 0.3) is 0 Å². The van der Waals surface area contributed by atoms with Crippen LogP contribution in [-0.4, -0.2) is 346 Å². The highest BCUT2D eigenvalue weighted by atomic mass is 32.2. The van der Waals surface area contributed by atoms with Gasteiger partial charge in [-0.1, -0.05) is 28.6 Å². The van der Waals surface area contributed by atoms with Gasteiger partial charge in [-0.3, -0.25) is 9.59 Å². The van der Waals surface area contributed by atoms with Crippen LogP contribution < -0.4 is 5.73 Å². The number of azide groups is 1. The van der Waals surface area contributed by atoms with Crippen molar-refractivity contribution in [3.8, 4) is 0 Å². The van der Waals surface area contributed by atoms with E-state index in [-0.39, 0.29) is 30.1 Å². The lowest BCUT2D eigenvalue weighted by Crippen LogP contribution is -2.15. The van der Waals surface area contributed by atoms with E-state index in [2.05, 4.69) is 16.3 Å². The maximum Gasteiger partial charge on any atom is 0.185 e. The number of carbonyl (C=O) groups is 2. The number of nitrogens with zero attached hydrogens (tertiary/aromatic N) is 3. The Morgan fingerprint density at radius 2 is 0.518 bits per heavy atom. The summed E-state index contributed by atoms with van der Waals surface area (Å²) in [5.74, 6) is 2.39. The van der Waals surface area contributed by atoms with Gasteiger partial charge in [0, 0.05) is 49.1 Å². The second-order valence-corrected chi connectivity index (χ2v) is 19.4. The van der Waals surface area contributed by atoms with Crippen LogP contribution in [0.25, 0.3) is 10.4 Å². The van der Waals surface area contributed by atoms with Gasteiger partial charge in [-0.2, -0.15) is 11.8 Å². The third-order valence-corrected chi connectivity index (χ3v) is 10.9. The minimum Gasteiger partial charge on any atom is -0.394 e. The number of aliphatic hydroxyl groups is 3. The largest absolute Gasteiger partial charge is 0.394 e. The van der Waals surface area contributed by atoms with Crippen LogP contribution in [0.1, 0.15) is 13.8 Å². The van der Waals surface area contributed by atoms with Crippen molar-refractivity contribution in [2.75, 3.05) is 321 Å². The molecule has 0 heterocycles. The van der Waals surface area contributed by atoms with E-state index in [0.717, 1.165) is 12.4 Å². The number of ether oxygens (including phenoxy) is 20. The van der Waals surface area contributed by atoms with Crippen LogP contribution in [-0.2, 0) is 104 Å². The molecule has 85 heavy (non-hydrogen) atoms. The molecule has 0 rings (SSSR count). The molecule has 0 aromatic heterocycles. The highest BCUT2D eigenvalue weighted by molar-refractivity contribution is 8.13. The third kappa shape index (κ3) is 105. The number of thioether (sulfide) groups is 3. The number of nitrogens with two attached hydrogens (primary N) is 1. The average molecular weight is 1300 g/mol. The van der Waals surface area contributed by atoms with E-state index in [0.29, 0.717) is 282 Å². The number of aliphatic hydroxyl groups excluding tert-OH is 3. The molecule has 0 aromatic carbocycles. The Balaban J connectivity index is -0.000000517. The summed E-state index contributed by atoms with van der Waals surface area (Å²) in [7, 11) is 0. The SMILES string of the molecule is CC(=O)SCCOCCOCCOCCOCCOCCN=[N+]=[N-].CC(=O)SCCOCCOCCOCCOCCOCCO.CSCCOCCOCCOCCOCCOCCN.OCCOCCOCCOCCOCCOCCO. The van der Waals surface area contributed by atoms with Gasteiger partial charge in [0.2, 0.25) is 0 Å². The summed E-state index contributed by atoms with van der Waals surface area (Å²) in [5.41, 5.74) is 13.3.